The molecule has 3 fully saturated rings. The highest BCUT2D eigenvalue weighted by Crippen LogP contribution is 2.36. The molecule has 2 atom stereocenters. The fraction of sp³-hybridized carbons (Fsp3) is 0.421. The Morgan fingerprint density at radius 2 is 1.77 bits per heavy atom. The van der Waals surface area contributed by atoms with Crippen LogP contribution in [0.1, 0.15) is 22.6 Å². The van der Waals surface area contributed by atoms with Crippen LogP contribution in [-0.2, 0) is 0 Å². The minimum absolute atomic E-state index is 0.0296. The molecule has 1 aromatic carbocycles. The van der Waals surface area contributed by atoms with Crippen LogP contribution >= 0.6 is 0 Å². The molecule has 3 aliphatic heterocycles. The Morgan fingerprint density at radius 1 is 1.12 bits per heavy atom. The van der Waals surface area contributed by atoms with Crippen molar-refractivity contribution in [2.45, 2.75) is 25.4 Å². The Balaban J connectivity index is 1.52. The topological polar surface area (TPSA) is 67.8 Å². The molecule has 0 spiro atoms. The van der Waals surface area contributed by atoms with Crippen molar-refractivity contribution in [2.24, 2.45) is 0 Å². The molecule has 136 valence electrons. The Hall–Kier alpha value is -2.83. The summed E-state index contributed by atoms with van der Waals surface area (Å²) in [4.78, 5) is 25.9. The van der Waals surface area contributed by atoms with Gasteiger partial charge in [-0.15, -0.1) is 0 Å². The van der Waals surface area contributed by atoms with Crippen LogP contribution < -0.4 is 14.4 Å². The molecular formula is C19H22N4O3. The maximum absolute atomic E-state index is 13.0. The maximum atomic E-state index is 13.0. The monoisotopic (exact) mass is 354 g/mol. The van der Waals surface area contributed by atoms with Crippen LogP contribution in [0.2, 0.25) is 0 Å². The molecule has 5 rings (SSSR count). The first-order chi connectivity index (χ1) is 12.6. The number of aromatic nitrogens is 2. The van der Waals surface area contributed by atoms with Crippen LogP contribution in [-0.4, -0.2) is 60.2 Å². The highest BCUT2D eigenvalue weighted by atomic mass is 16.5. The van der Waals surface area contributed by atoms with Crippen LogP contribution in [0.4, 0.5) is 5.82 Å². The van der Waals surface area contributed by atoms with Crippen molar-refractivity contribution >= 4 is 11.7 Å². The second-order valence-corrected chi connectivity index (χ2v) is 6.72. The number of anilines is 1. The van der Waals surface area contributed by atoms with Crippen molar-refractivity contribution < 1.29 is 14.3 Å². The molecule has 4 heterocycles. The highest BCUT2D eigenvalue weighted by molar-refractivity contribution is 5.96. The molecule has 0 saturated carbocycles. The average Bonchev–Trinajstić information content (AvgIpc) is 2.67. The summed E-state index contributed by atoms with van der Waals surface area (Å²) in [6.45, 7) is 3.47. The summed E-state index contributed by atoms with van der Waals surface area (Å²) in [5.74, 6) is 2.97. The summed E-state index contributed by atoms with van der Waals surface area (Å²) in [7, 11) is 3.17. The van der Waals surface area contributed by atoms with E-state index in [1.165, 1.54) is 0 Å². The number of aryl methyl sites for hydroxylation is 1. The van der Waals surface area contributed by atoms with Crippen molar-refractivity contribution in [1.82, 2.24) is 14.9 Å². The van der Waals surface area contributed by atoms with Crippen molar-refractivity contribution in [2.75, 3.05) is 32.2 Å². The van der Waals surface area contributed by atoms with Gasteiger partial charge in [-0.25, -0.2) is 9.97 Å². The molecule has 0 radical (unpaired) electrons. The lowest BCUT2D eigenvalue weighted by atomic mass is 9.86. The van der Waals surface area contributed by atoms with Gasteiger partial charge < -0.3 is 19.3 Å². The number of fused-ring (bicyclic) bond motifs is 2. The quantitative estimate of drug-likeness (QED) is 0.835. The lowest BCUT2D eigenvalue weighted by molar-refractivity contribution is 0.00570. The number of rotatable bonds is 4. The van der Waals surface area contributed by atoms with Crippen molar-refractivity contribution in [3.05, 3.63) is 41.9 Å². The van der Waals surface area contributed by atoms with Crippen molar-refractivity contribution in [3.8, 4) is 11.5 Å². The minimum atomic E-state index is 0.0296. The number of piperazine rings is 1. The van der Waals surface area contributed by atoms with E-state index in [1.807, 2.05) is 17.9 Å². The number of carbonyl (C=O) groups excluding carboxylic acids is 1. The van der Waals surface area contributed by atoms with E-state index >= 15 is 0 Å². The zero-order chi connectivity index (χ0) is 18.3. The molecular weight excluding hydrogens is 332 g/mol. The molecule has 1 amide bonds. The number of piperidine rings is 1. The molecule has 7 nitrogen and oxygen atoms in total. The van der Waals surface area contributed by atoms with Gasteiger partial charge >= 0.3 is 0 Å². The van der Waals surface area contributed by atoms with E-state index < -0.39 is 0 Å². The fourth-order valence-corrected chi connectivity index (χ4v) is 3.83. The first-order valence-electron chi connectivity index (χ1n) is 8.69. The van der Waals surface area contributed by atoms with Gasteiger partial charge in [0.25, 0.3) is 5.91 Å². The summed E-state index contributed by atoms with van der Waals surface area (Å²) in [6.07, 6.45) is 2.82. The predicted molar refractivity (Wildman–Crippen MR) is 96.9 cm³/mol. The lowest BCUT2D eigenvalue weighted by Crippen LogP contribution is -2.70. The second kappa shape index (κ2) is 6.48. The standard InChI is InChI=1S/C19H22N4O3/c1-12-20-5-4-18(21-12)22-10-14-8-15(11-22)23(14)19(24)13-6-16(25-2)9-17(7-13)26-3/h4-7,9,14-15H,8,10-11H2,1-3H3. The molecule has 2 unspecified atom stereocenters. The first-order valence-corrected chi connectivity index (χ1v) is 8.69. The second-order valence-electron chi connectivity index (χ2n) is 6.72. The number of amides is 1. The van der Waals surface area contributed by atoms with E-state index in [4.69, 9.17) is 9.47 Å². The first kappa shape index (κ1) is 16.6. The molecule has 0 aliphatic carbocycles. The zero-order valence-electron chi connectivity index (χ0n) is 15.2. The fourth-order valence-electron chi connectivity index (χ4n) is 3.83. The number of ether oxygens (including phenoxy) is 2. The molecule has 3 saturated heterocycles. The number of benzene rings is 1. The molecule has 2 aromatic rings. The van der Waals surface area contributed by atoms with Gasteiger partial charge in [0.15, 0.2) is 0 Å². The lowest BCUT2D eigenvalue weighted by Gasteiger charge is -2.56. The molecule has 26 heavy (non-hydrogen) atoms. The Morgan fingerprint density at radius 3 is 2.35 bits per heavy atom. The van der Waals surface area contributed by atoms with Gasteiger partial charge in [0.05, 0.1) is 26.3 Å². The number of hydrogen-bond donors (Lipinski definition) is 0. The average molecular weight is 354 g/mol. The summed E-state index contributed by atoms with van der Waals surface area (Å²) in [5.41, 5.74) is 0.599. The normalized spacial score (nSPS) is 21.2. The van der Waals surface area contributed by atoms with E-state index in [0.29, 0.717) is 17.1 Å². The predicted octanol–water partition coefficient (Wildman–Crippen LogP) is 1.91. The third kappa shape index (κ3) is 2.83. The molecule has 3 aliphatic rings. The third-order valence-corrected chi connectivity index (χ3v) is 5.11. The molecule has 1 aromatic heterocycles. The summed E-state index contributed by atoms with van der Waals surface area (Å²) < 4.78 is 10.6. The molecule has 7 heteroatoms. The minimum Gasteiger partial charge on any atom is -0.497 e. The maximum Gasteiger partial charge on any atom is 0.254 e. The summed E-state index contributed by atoms with van der Waals surface area (Å²) in [5, 5.41) is 0. The van der Waals surface area contributed by atoms with Crippen molar-refractivity contribution in [3.63, 3.8) is 0 Å². The number of nitrogens with zero attached hydrogens (tertiary/aromatic N) is 4. The van der Waals surface area contributed by atoms with E-state index in [2.05, 4.69) is 14.9 Å². The Kier molecular flexibility index (Phi) is 4.14. The van der Waals surface area contributed by atoms with Gasteiger partial charge in [-0.05, 0) is 31.5 Å². The van der Waals surface area contributed by atoms with Crippen LogP contribution in [0.25, 0.3) is 0 Å². The van der Waals surface area contributed by atoms with Crippen LogP contribution in [0, 0.1) is 6.92 Å². The van der Waals surface area contributed by atoms with Crippen LogP contribution in [0.3, 0.4) is 0 Å². The number of hydrogen-bond acceptors (Lipinski definition) is 6. The van der Waals surface area contributed by atoms with Gasteiger partial charge in [0.1, 0.15) is 23.1 Å². The van der Waals surface area contributed by atoms with Gasteiger partial charge in [-0.3, -0.25) is 4.79 Å². The van der Waals surface area contributed by atoms with Crippen LogP contribution in [0.15, 0.2) is 30.5 Å². The third-order valence-electron chi connectivity index (χ3n) is 5.11. The SMILES string of the molecule is COc1cc(OC)cc(C(=O)N2C3CC2CN(c2ccnc(C)n2)C3)c1. The Bertz CT molecular complexity index is 807. The van der Waals surface area contributed by atoms with Crippen LogP contribution in [0.5, 0.6) is 11.5 Å². The van der Waals surface area contributed by atoms with Gasteiger partial charge in [0, 0.05) is 30.9 Å². The van der Waals surface area contributed by atoms with Gasteiger partial charge in [-0.2, -0.15) is 0 Å². The Labute approximate surface area is 152 Å². The van der Waals surface area contributed by atoms with Gasteiger partial charge in [0.2, 0.25) is 0 Å². The summed E-state index contributed by atoms with van der Waals surface area (Å²) in [6, 6.07) is 7.64. The molecule has 0 N–H and O–H groups in total. The highest BCUT2D eigenvalue weighted by Gasteiger charge is 2.47. The van der Waals surface area contributed by atoms with E-state index in [0.717, 1.165) is 31.2 Å². The van der Waals surface area contributed by atoms with E-state index in [9.17, 15) is 4.79 Å². The number of carbonyl (C=O) groups is 1. The van der Waals surface area contributed by atoms with Crippen molar-refractivity contribution in [1.29, 1.82) is 0 Å². The molecule has 2 bridgehead atoms. The van der Waals surface area contributed by atoms with E-state index in [-0.39, 0.29) is 18.0 Å². The summed E-state index contributed by atoms with van der Waals surface area (Å²) >= 11 is 0. The zero-order valence-corrected chi connectivity index (χ0v) is 15.2. The smallest absolute Gasteiger partial charge is 0.254 e. The van der Waals surface area contributed by atoms with Gasteiger partial charge in [-0.1, -0.05) is 0 Å². The van der Waals surface area contributed by atoms with E-state index in [1.54, 1.807) is 38.6 Å². The largest absolute Gasteiger partial charge is 0.497 e. The number of methoxy groups -OCH3 is 2.